The van der Waals surface area contributed by atoms with Crippen LogP contribution in [0.2, 0.25) is 0 Å². The molecule has 2 heteroatoms. The molecule has 15 heavy (non-hydrogen) atoms. The fraction of sp³-hybridized carbons (Fsp3) is 0.538. The highest BCUT2D eigenvalue weighted by Crippen LogP contribution is 2.25. The number of benzene rings is 1. The minimum atomic E-state index is 0.746. The van der Waals surface area contributed by atoms with Gasteiger partial charge in [-0.05, 0) is 55.9 Å². The van der Waals surface area contributed by atoms with Gasteiger partial charge in [-0.15, -0.1) is 0 Å². The van der Waals surface area contributed by atoms with Crippen LogP contribution in [0.15, 0.2) is 24.3 Å². The first kappa shape index (κ1) is 10.7. The number of nitrogens with two attached hydrogens (primary N) is 1. The summed E-state index contributed by atoms with van der Waals surface area (Å²) < 4.78 is 0. The standard InChI is InChI=1S/C13H20N2/c14-7-4-11-2-1-3-13(10-11)12-5-8-15-9-6-12/h1-3,10,12,15H,4-9,14H2. The summed E-state index contributed by atoms with van der Waals surface area (Å²) in [6, 6.07) is 8.94. The van der Waals surface area contributed by atoms with Gasteiger partial charge in [0.15, 0.2) is 0 Å². The molecule has 0 aromatic heterocycles. The molecule has 0 radical (unpaired) electrons. The molecule has 0 spiro atoms. The van der Waals surface area contributed by atoms with Crippen molar-refractivity contribution >= 4 is 0 Å². The quantitative estimate of drug-likeness (QED) is 0.785. The first-order valence-corrected chi connectivity index (χ1v) is 5.90. The molecule has 2 rings (SSSR count). The van der Waals surface area contributed by atoms with Gasteiger partial charge in [0.1, 0.15) is 0 Å². The maximum Gasteiger partial charge on any atom is -0.00367 e. The van der Waals surface area contributed by atoms with Gasteiger partial charge in [-0.2, -0.15) is 0 Å². The molecule has 0 aliphatic carbocycles. The van der Waals surface area contributed by atoms with Crippen molar-refractivity contribution in [1.29, 1.82) is 0 Å². The Bertz CT molecular complexity index is 303. The van der Waals surface area contributed by atoms with E-state index >= 15 is 0 Å². The van der Waals surface area contributed by atoms with E-state index in [2.05, 4.69) is 29.6 Å². The van der Waals surface area contributed by atoms with Crippen LogP contribution < -0.4 is 11.1 Å². The molecule has 1 heterocycles. The second-order valence-corrected chi connectivity index (χ2v) is 4.31. The van der Waals surface area contributed by atoms with Crippen molar-refractivity contribution in [1.82, 2.24) is 5.32 Å². The van der Waals surface area contributed by atoms with Gasteiger partial charge in [0, 0.05) is 0 Å². The molecule has 2 nitrogen and oxygen atoms in total. The lowest BCUT2D eigenvalue weighted by molar-refractivity contribution is 0.460. The highest BCUT2D eigenvalue weighted by atomic mass is 14.9. The molecular weight excluding hydrogens is 184 g/mol. The normalized spacial score (nSPS) is 17.9. The smallest absolute Gasteiger partial charge is 0.00367 e. The summed E-state index contributed by atoms with van der Waals surface area (Å²) in [5.74, 6) is 0.754. The average Bonchev–Trinajstić information content (AvgIpc) is 2.31. The summed E-state index contributed by atoms with van der Waals surface area (Å²) in [7, 11) is 0. The molecular formula is C13H20N2. The number of nitrogens with one attached hydrogen (secondary N) is 1. The van der Waals surface area contributed by atoms with Gasteiger partial charge in [-0.25, -0.2) is 0 Å². The van der Waals surface area contributed by atoms with Gasteiger partial charge < -0.3 is 11.1 Å². The predicted molar refractivity (Wildman–Crippen MR) is 64.0 cm³/mol. The molecule has 0 bridgehead atoms. The largest absolute Gasteiger partial charge is 0.330 e. The molecule has 0 saturated carbocycles. The molecule has 3 N–H and O–H groups in total. The number of hydrogen-bond donors (Lipinski definition) is 2. The third-order valence-electron chi connectivity index (χ3n) is 3.19. The zero-order valence-corrected chi connectivity index (χ0v) is 9.21. The van der Waals surface area contributed by atoms with Crippen molar-refractivity contribution in [2.75, 3.05) is 19.6 Å². The Hall–Kier alpha value is -0.860. The lowest BCUT2D eigenvalue weighted by Crippen LogP contribution is -2.26. The SMILES string of the molecule is NCCc1cccc(C2CCNCC2)c1. The summed E-state index contributed by atoms with van der Waals surface area (Å²) in [6.45, 7) is 3.06. The number of rotatable bonds is 3. The van der Waals surface area contributed by atoms with E-state index in [1.54, 1.807) is 0 Å². The van der Waals surface area contributed by atoms with Crippen LogP contribution in [0.4, 0.5) is 0 Å². The minimum Gasteiger partial charge on any atom is -0.330 e. The first-order chi connectivity index (χ1) is 7.40. The highest BCUT2D eigenvalue weighted by molar-refractivity contribution is 5.27. The topological polar surface area (TPSA) is 38.0 Å². The fourth-order valence-electron chi connectivity index (χ4n) is 2.32. The first-order valence-electron chi connectivity index (χ1n) is 5.90. The maximum atomic E-state index is 5.58. The van der Waals surface area contributed by atoms with E-state index in [0.717, 1.165) is 32.0 Å². The van der Waals surface area contributed by atoms with Crippen LogP contribution in [-0.4, -0.2) is 19.6 Å². The lowest BCUT2D eigenvalue weighted by Gasteiger charge is -2.23. The average molecular weight is 204 g/mol. The van der Waals surface area contributed by atoms with Gasteiger partial charge in [0.05, 0.1) is 0 Å². The Morgan fingerprint density at radius 2 is 2.07 bits per heavy atom. The van der Waals surface area contributed by atoms with Crippen LogP contribution in [0.3, 0.4) is 0 Å². The van der Waals surface area contributed by atoms with Crippen LogP contribution >= 0.6 is 0 Å². The molecule has 0 amide bonds. The van der Waals surface area contributed by atoms with E-state index in [0.29, 0.717) is 0 Å². The van der Waals surface area contributed by atoms with Crippen LogP contribution in [0.1, 0.15) is 29.9 Å². The molecule has 1 aliphatic heterocycles. The molecule has 1 saturated heterocycles. The maximum absolute atomic E-state index is 5.58. The van der Waals surface area contributed by atoms with Crippen molar-refractivity contribution in [3.05, 3.63) is 35.4 Å². The van der Waals surface area contributed by atoms with Gasteiger partial charge >= 0.3 is 0 Å². The minimum absolute atomic E-state index is 0.746. The van der Waals surface area contributed by atoms with Gasteiger partial charge in [0.25, 0.3) is 0 Å². The molecule has 1 aliphatic rings. The Balaban J connectivity index is 2.09. The Kier molecular flexibility index (Phi) is 3.75. The van der Waals surface area contributed by atoms with Crippen LogP contribution in [0.25, 0.3) is 0 Å². The number of hydrogen-bond acceptors (Lipinski definition) is 2. The Labute approximate surface area is 91.9 Å². The Morgan fingerprint density at radius 3 is 2.80 bits per heavy atom. The summed E-state index contributed by atoms with van der Waals surface area (Å²) in [5.41, 5.74) is 8.46. The summed E-state index contributed by atoms with van der Waals surface area (Å²) in [5, 5.41) is 3.40. The zero-order chi connectivity index (χ0) is 10.5. The van der Waals surface area contributed by atoms with Crippen molar-refractivity contribution in [3.8, 4) is 0 Å². The number of piperidine rings is 1. The summed E-state index contributed by atoms with van der Waals surface area (Å²) >= 11 is 0. The monoisotopic (exact) mass is 204 g/mol. The summed E-state index contributed by atoms with van der Waals surface area (Å²) in [4.78, 5) is 0. The van der Waals surface area contributed by atoms with Gasteiger partial charge in [0.2, 0.25) is 0 Å². The van der Waals surface area contributed by atoms with E-state index in [9.17, 15) is 0 Å². The van der Waals surface area contributed by atoms with Crippen molar-refractivity contribution in [2.45, 2.75) is 25.2 Å². The van der Waals surface area contributed by atoms with Crippen molar-refractivity contribution < 1.29 is 0 Å². The van der Waals surface area contributed by atoms with Crippen LogP contribution in [0.5, 0.6) is 0 Å². The Morgan fingerprint density at radius 1 is 1.27 bits per heavy atom. The summed E-state index contributed by atoms with van der Waals surface area (Å²) in [6.07, 6.45) is 3.54. The molecule has 1 fully saturated rings. The van der Waals surface area contributed by atoms with Crippen molar-refractivity contribution in [2.24, 2.45) is 5.73 Å². The van der Waals surface area contributed by atoms with E-state index in [4.69, 9.17) is 5.73 Å². The molecule has 0 unspecified atom stereocenters. The zero-order valence-electron chi connectivity index (χ0n) is 9.21. The van der Waals surface area contributed by atoms with Crippen LogP contribution in [-0.2, 0) is 6.42 Å². The van der Waals surface area contributed by atoms with E-state index in [-0.39, 0.29) is 0 Å². The van der Waals surface area contributed by atoms with Crippen molar-refractivity contribution in [3.63, 3.8) is 0 Å². The second-order valence-electron chi connectivity index (χ2n) is 4.31. The van der Waals surface area contributed by atoms with E-state index < -0.39 is 0 Å². The molecule has 0 atom stereocenters. The molecule has 82 valence electrons. The highest BCUT2D eigenvalue weighted by Gasteiger charge is 2.14. The van der Waals surface area contributed by atoms with E-state index in [1.807, 2.05) is 0 Å². The van der Waals surface area contributed by atoms with Crippen LogP contribution in [0, 0.1) is 0 Å². The van der Waals surface area contributed by atoms with E-state index in [1.165, 1.54) is 24.0 Å². The molecule has 1 aromatic carbocycles. The predicted octanol–water partition coefficient (Wildman–Crippen LogP) is 1.65. The van der Waals surface area contributed by atoms with Gasteiger partial charge in [-0.3, -0.25) is 0 Å². The fourth-order valence-corrected chi connectivity index (χ4v) is 2.32. The third kappa shape index (κ3) is 2.80. The van der Waals surface area contributed by atoms with Gasteiger partial charge in [-0.1, -0.05) is 24.3 Å². The molecule has 1 aromatic rings. The second kappa shape index (κ2) is 5.29. The third-order valence-corrected chi connectivity index (χ3v) is 3.19. The lowest BCUT2D eigenvalue weighted by atomic mass is 9.89.